The first kappa shape index (κ1) is 15.9. The molecule has 0 unspecified atom stereocenters. The van der Waals surface area contributed by atoms with E-state index in [4.69, 9.17) is 0 Å². The van der Waals surface area contributed by atoms with Crippen LogP contribution >= 0.6 is 17.3 Å². The predicted molar refractivity (Wildman–Crippen MR) is 80.1 cm³/mol. The van der Waals surface area contributed by atoms with Crippen LogP contribution in [0.1, 0.15) is 13.3 Å². The van der Waals surface area contributed by atoms with Crippen molar-refractivity contribution in [3.05, 3.63) is 60.7 Å². The topological polar surface area (TPSA) is 0 Å². The molecule has 2 rings (SSSR count). The van der Waals surface area contributed by atoms with Crippen LogP contribution in [0.5, 0.6) is 0 Å². The Labute approximate surface area is 126 Å². The predicted octanol–water partition coefficient (Wildman–Crippen LogP) is 4.22. The molecule has 0 fully saturated rings. The average molecular weight is 459 g/mol. The van der Waals surface area contributed by atoms with Crippen molar-refractivity contribution in [3.63, 3.8) is 0 Å². The van der Waals surface area contributed by atoms with Crippen molar-refractivity contribution < 1.29 is 18.8 Å². The normalized spacial score (nSPS) is 9.83. The summed E-state index contributed by atoms with van der Waals surface area (Å²) in [4.78, 5) is 0. The van der Waals surface area contributed by atoms with Gasteiger partial charge in [-0.15, -0.1) is 0 Å². The Morgan fingerprint density at radius 2 is 1.22 bits per heavy atom. The van der Waals surface area contributed by atoms with Gasteiger partial charge in [-0.05, 0) is 24.7 Å². The van der Waals surface area contributed by atoms with Crippen LogP contribution in [0, 0.1) is 0 Å². The standard InChI is InChI=1S/C15H17P.ClH.Pt/c1-2-13-16(14-9-5-3-6-10-14)15-11-7-4-8-12-15;;/h3-12H,2,13H2,1H3;1H;/q;;+1/p-1. The molecule has 18 heavy (non-hydrogen) atoms. The van der Waals surface area contributed by atoms with Crippen molar-refractivity contribution in [1.82, 2.24) is 0 Å². The van der Waals surface area contributed by atoms with Crippen molar-refractivity contribution in [1.29, 1.82) is 0 Å². The van der Waals surface area contributed by atoms with Crippen LogP contribution in [0.25, 0.3) is 0 Å². The van der Waals surface area contributed by atoms with E-state index >= 15 is 0 Å². The summed E-state index contributed by atoms with van der Waals surface area (Å²) >= 11 is 1.61. The molecule has 0 aliphatic carbocycles. The number of halogens is 1. The van der Waals surface area contributed by atoms with Crippen molar-refractivity contribution in [2.45, 2.75) is 13.3 Å². The van der Waals surface area contributed by atoms with Crippen LogP contribution in [0.4, 0.5) is 0 Å². The molecule has 3 heteroatoms. The Morgan fingerprint density at radius 1 is 0.833 bits per heavy atom. The van der Waals surface area contributed by atoms with E-state index in [0.717, 1.165) is 0 Å². The Balaban J connectivity index is 0.000000771. The molecule has 0 N–H and O–H groups in total. The summed E-state index contributed by atoms with van der Waals surface area (Å²) in [6.07, 6.45) is 2.53. The summed E-state index contributed by atoms with van der Waals surface area (Å²) in [5.41, 5.74) is 0. The van der Waals surface area contributed by atoms with Gasteiger partial charge in [0.1, 0.15) is 0 Å². The SMILES string of the molecule is CCCP(c1ccccc1)c1ccccc1.[Cl][Pt]. The fourth-order valence-electron chi connectivity index (χ4n) is 1.85. The van der Waals surface area contributed by atoms with Crippen molar-refractivity contribution in [3.8, 4) is 0 Å². The molecule has 2 aromatic rings. The van der Waals surface area contributed by atoms with E-state index in [-0.39, 0.29) is 7.92 Å². The third-order valence-electron chi connectivity index (χ3n) is 2.58. The van der Waals surface area contributed by atoms with Gasteiger partial charge in [0, 0.05) is 0 Å². The molecule has 0 nitrogen and oxygen atoms in total. The minimum absolute atomic E-state index is 0.151. The quantitative estimate of drug-likeness (QED) is 0.602. The fourth-order valence-corrected chi connectivity index (χ4v) is 4.17. The van der Waals surface area contributed by atoms with Gasteiger partial charge in [0.05, 0.1) is 0 Å². The molecule has 0 amide bonds. The zero-order valence-electron chi connectivity index (χ0n) is 10.3. The van der Waals surface area contributed by atoms with Crippen molar-refractivity contribution in [2.75, 3.05) is 6.16 Å². The first-order valence-corrected chi connectivity index (χ1v) is 10.3. The summed E-state index contributed by atoms with van der Waals surface area (Å²) in [6.45, 7) is 2.27. The molecule has 0 aromatic heterocycles. The van der Waals surface area contributed by atoms with Crippen LogP contribution in [-0.4, -0.2) is 6.16 Å². The van der Waals surface area contributed by atoms with Crippen LogP contribution in [0.2, 0.25) is 0 Å². The first-order valence-electron chi connectivity index (χ1n) is 5.91. The van der Waals surface area contributed by atoms with Crippen molar-refractivity contribution in [2.24, 2.45) is 0 Å². The van der Waals surface area contributed by atoms with E-state index in [1.54, 1.807) is 18.8 Å². The molecule has 0 saturated carbocycles. The molecule has 0 spiro atoms. The van der Waals surface area contributed by atoms with E-state index in [9.17, 15) is 0 Å². The van der Waals surface area contributed by atoms with Gasteiger partial charge in [0.15, 0.2) is 0 Å². The second kappa shape index (κ2) is 9.74. The van der Waals surface area contributed by atoms with Crippen LogP contribution < -0.4 is 10.6 Å². The summed E-state index contributed by atoms with van der Waals surface area (Å²) < 4.78 is 0. The van der Waals surface area contributed by atoms with E-state index in [1.807, 2.05) is 0 Å². The molecule has 0 saturated heterocycles. The maximum absolute atomic E-state index is 4.61. The number of rotatable bonds is 4. The van der Waals surface area contributed by atoms with Gasteiger partial charge in [-0.25, -0.2) is 0 Å². The molecule has 99 valence electrons. The monoisotopic (exact) mass is 458 g/mol. The molecule has 0 atom stereocenters. The number of benzene rings is 2. The number of hydrogen-bond acceptors (Lipinski definition) is 0. The van der Waals surface area contributed by atoms with Crippen molar-refractivity contribution >= 4 is 27.9 Å². The zero-order valence-corrected chi connectivity index (χ0v) is 14.3. The summed E-state index contributed by atoms with van der Waals surface area (Å²) in [7, 11) is 4.46. The summed E-state index contributed by atoms with van der Waals surface area (Å²) in [6, 6.07) is 21.8. The van der Waals surface area contributed by atoms with Gasteiger partial charge in [-0.1, -0.05) is 74.0 Å². The molecule has 0 heterocycles. The van der Waals surface area contributed by atoms with E-state index in [0.29, 0.717) is 0 Å². The van der Waals surface area contributed by atoms with E-state index < -0.39 is 0 Å². The fraction of sp³-hybridized carbons (Fsp3) is 0.200. The van der Waals surface area contributed by atoms with Gasteiger partial charge in [0.25, 0.3) is 0 Å². The minimum atomic E-state index is -0.151. The van der Waals surface area contributed by atoms with E-state index in [1.165, 1.54) is 23.2 Å². The Bertz CT molecular complexity index is 380. The van der Waals surface area contributed by atoms with Gasteiger partial charge < -0.3 is 0 Å². The Morgan fingerprint density at radius 3 is 1.56 bits per heavy atom. The molecular formula is C15H17ClPPt. The third-order valence-corrected chi connectivity index (χ3v) is 5.32. The zero-order chi connectivity index (χ0) is 13.2. The van der Waals surface area contributed by atoms with E-state index in [2.05, 4.69) is 77.0 Å². The molecule has 0 aliphatic heterocycles. The van der Waals surface area contributed by atoms with Gasteiger partial charge >= 0.3 is 28.2 Å². The van der Waals surface area contributed by atoms with Gasteiger partial charge in [-0.2, -0.15) is 0 Å². The Hall–Kier alpha value is -0.152. The summed E-state index contributed by atoms with van der Waals surface area (Å²) in [5.74, 6) is 0. The average Bonchev–Trinajstić information content (AvgIpc) is 2.49. The van der Waals surface area contributed by atoms with Gasteiger partial charge in [-0.3, -0.25) is 0 Å². The summed E-state index contributed by atoms with van der Waals surface area (Å²) in [5, 5.41) is 2.98. The van der Waals surface area contributed by atoms with Gasteiger partial charge in [0.2, 0.25) is 0 Å². The number of hydrogen-bond donors (Lipinski definition) is 0. The second-order valence-electron chi connectivity index (χ2n) is 3.82. The first-order chi connectivity index (χ1) is 8.92. The maximum atomic E-state index is 4.61. The molecule has 0 aliphatic rings. The molecule has 2 aromatic carbocycles. The van der Waals surface area contributed by atoms with Crippen LogP contribution in [-0.2, 0) is 18.8 Å². The van der Waals surface area contributed by atoms with Crippen LogP contribution in [0.3, 0.4) is 0 Å². The Kier molecular flexibility index (Phi) is 8.60. The molecular weight excluding hydrogens is 442 g/mol. The molecule has 0 radical (unpaired) electrons. The molecule has 0 bridgehead atoms. The second-order valence-corrected chi connectivity index (χ2v) is 6.16. The third kappa shape index (κ3) is 4.85. The van der Waals surface area contributed by atoms with Crippen LogP contribution in [0.15, 0.2) is 60.7 Å².